The first-order valence-corrected chi connectivity index (χ1v) is 6.12. The maximum absolute atomic E-state index is 11.3. The van der Waals surface area contributed by atoms with Crippen LogP contribution in [-0.4, -0.2) is 31.5 Å². The van der Waals surface area contributed by atoms with Gasteiger partial charge in [0.05, 0.1) is 11.0 Å². The van der Waals surface area contributed by atoms with Crippen LogP contribution >= 0.6 is 0 Å². The van der Waals surface area contributed by atoms with Gasteiger partial charge in [0.25, 0.3) is 0 Å². The second-order valence-electron chi connectivity index (χ2n) is 3.79. The molecule has 0 radical (unpaired) electrons. The van der Waals surface area contributed by atoms with Crippen LogP contribution in [0.2, 0.25) is 0 Å². The first-order valence-electron chi connectivity index (χ1n) is 4.41. The lowest BCUT2D eigenvalue weighted by atomic mass is 10.1. The van der Waals surface area contributed by atoms with E-state index in [0.29, 0.717) is 11.8 Å². The maximum atomic E-state index is 11.3. The molecule has 1 aliphatic rings. The predicted octanol–water partition coefficient (Wildman–Crippen LogP) is 0.560. The van der Waals surface area contributed by atoms with Crippen molar-refractivity contribution < 1.29 is 8.42 Å². The van der Waals surface area contributed by atoms with Crippen molar-refractivity contribution in [3.8, 4) is 0 Å². The lowest BCUT2D eigenvalue weighted by Gasteiger charge is -2.18. The molecule has 1 aliphatic heterocycles. The molecule has 0 spiro atoms. The molecule has 0 aliphatic carbocycles. The van der Waals surface area contributed by atoms with Gasteiger partial charge in [-0.2, -0.15) is 0 Å². The van der Waals surface area contributed by atoms with Crippen molar-refractivity contribution in [2.75, 3.05) is 5.75 Å². The smallest absolute Gasteiger partial charge is 0.154 e. The Kier molecular flexibility index (Phi) is 2.78. The topological polar surface area (TPSA) is 46.2 Å². The highest BCUT2D eigenvalue weighted by atomic mass is 32.2. The number of sulfone groups is 1. The minimum Gasteiger partial charge on any atom is -0.310 e. The average Bonchev–Trinajstić information content (AvgIpc) is 2.15. The fourth-order valence-electron chi connectivity index (χ4n) is 1.61. The van der Waals surface area contributed by atoms with Gasteiger partial charge in [0.15, 0.2) is 9.84 Å². The number of hydrogen-bond acceptors (Lipinski definition) is 3. The van der Waals surface area contributed by atoms with Crippen molar-refractivity contribution >= 4 is 9.84 Å². The zero-order valence-electron chi connectivity index (χ0n) is 7.87. The molecule has 2 atom stereocenters. The number of rotatable bonds is 2. The summed E-state index contributed by atoms with van der Waals surface area (Å²) in [6.45, 7) is 5.87. The summed E-state index contributed by atoms with van der Waals surface area (Å²) >= 11 is 0. The minimum absolute atomic E-state index is 0.162. The molecular formula is C8H17NO2S. The molecule has 4 heteroatoms. The standard InChI is InChI=1S/C8H17NO2S/c1-6(2)9-8-4-5-12(10,11)7(8)3/h6-9H,4-5H2,1-3H3/t7-,8+/m1/s1. The van der Waals surface area contributed by atoms with Gasteiger partial charge >= 0.3 is 0 Å². The SMILES string of the molecule is CC(C)N[C@H]1CCS(=O)(=O)[C@@H]1C. The summed E-state index contributed by atoms with van der Waals surface area (Å²) in [6, 6.07) is 0.528. The van der Waals surface area contributed by atoms with Crippen molar-refractivity contribution in [2.24, 2.45) is 0 Å². The molecule has 3 nitrogen and oxygen atoms in total. The van der Waals surface area contributed by atoms with E-state index in [0.717, 1.165) is 6.42 Å². The molecule has 0 aromatic carbocycles. The van der Waals surface area contributed by atoms with E-state index in [-0.39, 0.29) is 11.3 Å². The lowest BCUT2D eigenvalue weighted by molar-refractivity contribution is 0.459. The van der Waals surface area contributed by atoms with Crippen LogP contribution in [0, 0.1) is 0 Å². The molecule has 1 heterocycles. The van der Waals surface area contributed by atoms with Crippen LogP contribution in [0.1, 0.15) is 27.2 Å². The third kappa shape index (κ3) is 1.98. The van der Waals surface area contributed by atoms with E-state index in [4.69, 9.17) is 0 Å². The predicted molar refractivity (Wildman–Crippen MR) is 49.9 cm³/mol. The molecule has 1 rings (SSSR count). The van der Waals surface area contributed by atoms with Crippen LogP contribution < -0.4 is 5.32 Å². The van der Waals surface area contributed by atoms with Gasteiger partial charge in [0, 0.05) is 12.1 Å². The Morgan fingerprint density at radius 1 is 1.42 bits per heavy atom. The Morgan fingerprint density at radius 3 is 2.33 bits per heavy atom. The monoisotopic (exact) mass is 191 g/mol. The van der Waals surface area contributed by atoms with Crippen LogP contribution in [0.3, 0.4) is 0 Å². The molecule has 0 bridgehead atoms. The molecular weight excluding hydrogens is 174 g/mol. The highest BCUT2D eigenvalue weighted by Gasteiger charge is 2.36. The lowest BCUT2D eigenvalue weighted by Crippen LogP contribution is -2.40. The Labute approximate surface area is 74.5 Å². The van der Waals surface area contributed by atoms with Gasteiger partial charge in [-0.3, -0.25) is 0 Å². The van der Waals surface area contributed by atoms with Gasteiger partial charge < -0.3 is 5.32 Å². The molecule has 72 valence electrons. The summed E-state index contributed by atoms with van der Waals surface area (Å²) in [5.41, 5.74) is 0. The van der Waals surface area contributed by atoms with E-state index in [1.54, 1.807) is 6.92 Å². The zero-order valence-corrected chi connectivity index (χ0v) is 8.69. The Balaban J connectivity index is 2.62. The fourth-order valence-corrected chi connectivity index (χ4v) is 3.28. The molecule has 0 unspecified atom stereocenters. The van der Waals surface area contributed by atoms with Gasteiger partial charge in [0.2, 0.25) is 0 Å². The summed E-state index contributed by atoms with van der Waals surface area (Å²) in [6.07, 6.45) is 0.766. The molecule has 0 aromatic heterocycles. The van der Waals surface area contributed by atoms with Gasteiger partial charge in [0.1, 0.15) is 0 Å². The molecule has 0 amide bonds. The summed E-state index contributed by atoms with van der Waals surface area (Å²) in [5.74, 6) is 0.346. The third-order valence-corrected chi connectivity index (χ3v) is 4.66. The molecule has 0 saturated carbocycles. The van der Waals surface area contributed by atoms with E-state index in [9.17, 15) is 8.42 Å². The molecule has 1 saturated heterocycles. The van der Waals surface area contributed by atoms with Crippen LogP contribution in [0.4, 0.5) is 0 Å². The number of nitrogens with one attached hydrogen (secondary N) is 1. The van der Waals surface area contributed by atoms with E-state index in [1.165, 1.54) is 0 Å². The highest BCUT2D eigenvalue weighted by Crippen LogP contribution is 2.20. The Bertz CT molecular complexity index is 246. The third-order valence-electron chi connectivity index (χ3n) is 2.39. The molecule has 0 aromatic rings. The number of hydrogen-bond donors (Lipinski definition) is 1. The van der Waals surface area contributed by atoms with Gasteiger partial charge in [-0.15, -0.1) is 0 Å². The van der Waals surface area contributed by atoms with E-state index >= 15 is 0 Å². The van der Waals surface area contributed by atoms with Crippen LogP contribution in [0.5, 0.6) is 0 Å². The largest absolute Gasteiger partial charge is 0.310 e. The van der Waals surface area contributed by atoms with Crippen LogP contribution in [-0.2, 0) is 9.84 Å². The van der Waals surface area contributed by atoms with Gasteiger partial charge in [-0.1, -0.05) is 13.8 Å². The normalized spacial score (nSPS) is 34.3. The summed E-state index contributed by atoms with van der Waals surface area (Å²) in [4.78, 5) is 0. The Morgan fingerprint density at radius 2 is 2.00 bits per heavy atom. The first-order chi connectivity index (χ1) is 5.43. The van der Waals surface area contributed by atoms with E-state index < -0.39 is 9.84 Å². The zero-order chi connectivity index (χ0) is 9.35. The quantitative estimate of drug-likeness (QED) is 0.693. The summed E-state index contributed by atoms with van der Waals surface area (Å²) < 4.78 is 22.6. The van der Waals surface area contributed by atoms with E-state index in [1.807, 2.05) is 13.8 Å². The molecule has 12 heavy (non-hydrogen) atoms. The van der Waals surface area contributed by atoms with Gasteiger partial charge in [-0.25, -0.2) is 8.42 Å². The average molecular weight is 191 g/mol. The molecule has 1 fully saturated rings. The van der Waals surface area contributed by atoms with E-state index in [2.05, 4.69) is 5.32 Å². The maximum Gasteiger partial charge on any atom is 0.154 e. The fraction of sp³-hybridized carbons (Fsp3) is 1.00. The second-order valence-corrected chi connectivity index (χ2v) is 6.27. The van der Waals surface area contributed by atoms with Crippen molar-refractivity contribution in [1.82, 2.24) is 5.32 Å². The van der Waals surface area contributed by atoms with Gasteiger partial charge in [-0.05, 0) is 13.3 Å². The van der Waals surface area contributed by atoms with Crippen molar-refractivity contribution in [2.45, 2.75) is 44.5 Å². The Hall–Kier alpha value is -0.0900. The summed E-state index contributed by atoms with van der Waals surface area (Å²) in [5, 5.41) is 3.06. The van der Waals surface area contributed by atoms with Crippen LogP contribution in [0.25, 0.3) is 0 Å². The first kappa shape index (κ1) is 9.99. The highest BCUT2D eigenvalue weighted by molar-refractivity contribution is 7.92. The summed E-state index contributed by atoms with van der Waals surface area (Å²) in [7, 11) is -2.78. The minimum atomic E-state index is -2.78. The molecule has 1 N–H and O–H groups in total. The van der Waals surface area contributed by atoms with Crippen molar-refractivity contribution in [3.63, 3.8) is 0 Å². The van der Waals surface area contributed by atoms with Crippen molar-refractivity contribution in [1.29, 1.82) is 0 Å². The van der Waals surface area contributed by atoms with Crippen molar-refractivity contribution in [3.05, 3.63) is 0 Å². The van der Waals surface area contributed by atoms with Crippen LogP contribution in [0.15, 0.2) is 0 Å². The second kappa shape index (κ2) is 3.34.